The van der Waals surface area contributed by atoms with Gasteiger partial charge in [0, 0.05) is 10.6 Å². The number of nitrogens with one attached hydrogen (secondary N) is 1. The summed E-state index contributed by atoms with van der Waals surface area (Å²) in [5.41, 5.74) is 6.50. The van der Waals surface area contributed by atoms with Gasteiger partial charge in [0.2, 0.25) is 0 Å². The topological polar surface area (TPSA) is 49.4 Å². The minimum Gasteiger partial charge on any atom is -0.350 e. The molecule has 0 saturated heterocycles. The Morgan fingerprint density at radius 2 is 1.62 bits per heavy atom. The van der Waals surface area contributed by atoms with E-state index in [1.165, 1.54) is 16.2 Å². The van der Waals surface area contributed by atoms with Crippen LogP contribution in [-0.2, 0) is 9.59 Å². The van der Waals surface area contributed by atoms with Crippen LogP contribution < -0.4 is 10.2 Å². The van der Waals surface area contributed by atoms with E-state index in [-0.39, 0.29) is 11.8 Å². The van der Waals surface area contributed by atoms with E-state index in [1.54, 1.807) is 0 Å². The van der Waals surface area contributed by atoms with Crippen LogP contribution in [0.5, 0.6) is 0 Å². The van der Waals surface area contributed by atoms with Crippen molar-refractivity contribution < 1.29 is 9.59 Å². The molecule has 0 saturated carbocycles. The van der Waals surface area contributed by atoms with Crippen LogP contribution in [-0.4, -0.2) is 11.8 Å². The van der Waals surface area contributed by atoms with Crippen LogP contribution in [0.2, 0.25) is 0 Å². The molecular weight excluding hydrogens is 380 g/mol. The number of hydrogen-bond donors (Lipinski definition) is 1. The molecule has 1 N–H and O–H groups in total. The largest absolute Gasteiger partial charge is 0.350 e. The van der Waals surface area contributed by atoms with Gasteiger partial charge in [-0.1, -0.05) is 24.3 Å². The second kappa shape index (κ2) is 7.33. The lowest BCUT2D eigenvalue weighted by atomic mass is 10.1. The van der Waals surface area contributed by atoms with Crippen molar-refractivity contribution in [2.24, 2.45) is 0 Å². The van der Waals surface area contributed by atoms with Crippen molar-refractivity contribution in [3.05, 3.63) is 86.7 Å². The summed E-state index contributed by atoms with van der Waals surface area (Å²) in [6.45, 7) is 8.02. The van der Waals surface area contributed by atoms with Gasteiger partial charge in [0.1, 0.15) is 5.70 Å². The van der Waals surface area contributed by atoms with Crippen molar-refractivity contribution in [1.82, 2.24) is 0 Å². The zero-order valence-electron chi connectivity index (χ0n) is 16.9. The molecule has 0 atom stereocenters. The van der Waals surface area contributed by atoms with Crippen molar-refractivity contribution in [3.63, 3.8) is 0 Å². The standard InChI is InChI=1S/C24H22N2O2S/c1-14-10-11-18(13-16(14)3)26-23(27)21(20-9-6-12-29-20)22(24(26)28)25-19-8-5-7-15(2)17(19)4/h5-13,25H,1-4H3. The molecule has 0 bridgehead atoms. The average molecular weight is 403 g/mol. The highest BCUT2D eigenvalue weighted by Crippen LogP contribution is 2.36. The minimum atomic E-state index is -0.331. The van der Waals surface area contributed by atoms with Crippen LogP contribution in [0.1, 0.15) is 27.1 Å². The monoisotopic (exact) mass is 402 g/mol. The Morgan fingerprint density at radius 1 is 0.828 bits per heavy atom. The Morgan fingerprint density at radius 3 is 2.31 bits per heavy atom. The maximum Gasteiger partial charge on any atom is 0.282 e. The van der Waals surface area contributed by atoms with Gasteiger partial charge < -0.3 is 5.32 Å². The summed E-state index contributed by atoms with van der Waals surface area (Å²) in [6, 6.07) is 15.3. The maximum absolute atomic E-state index is 13.4. The fraction of sp³-hybridized carbons (Fsp3) is 0.167. The fourth-order valence-corrected chi connectivity index (χ4v) is 4.18. The summed E-state index contributed by atoms with van der Waals surface area (Å²) < 4.78 is 0. The molecule has 3 aromatic rings. The first-order chi connectivity index (χ1) is 13.9. The summed E-state index contributed by atoms with van der Waals surface area (Å²) in [7, 11) is 0. The third-order valence-electron chi connectivity index (χ3n) is 5.46. The second-order valence-corrected chi connectivity index (χ2v) is 8.26. The molecule has 5 heteroatoms. The second-order valence-electron chi connectivity index (χ2n) is 7.31. The van der Waals surface area contributed by atoms with Crippen LogP contribution in [0, 0.1) is 27.7 Å². The Labute approximate surface area is 174 Å². The Hall–Kier alpha value is -3.18. The molecule has 0 unspecified atom stereocenters. The van der Waals surface area contributed by atoms with Gasteiger partial charge in [-0.05, 0) is 79.6 Å². The molecule has 1 aromatic heterocycles. The number of amides is 2. The molecule has 2 amide bonds. The van der Waals surface area contributed by atoms with E-state index in [4.69, 9.17) is 0 Å². The van der Waals surface area contributed by atoms with Gasteiger partial charge in [-0.25, -0.2) is 4.90 Å². The summed E-state index contributed by atoms with van der Waals surface area (Å²) in [4.78, 5) is 28.8. The lowest BCUT2D eigenvalue weighted by molar-refractivity contribution is -0.120. The van der Waals surface area contributed by atoms with Crippen LogP contribution in [0.4, 0.5) is 11.4 Å². The number of carbonyl (C=O) groups excluding carboxylic acids is 2. The summed E-state index contributed by atoms with van der Waals surface area (Å²) in [6.07, 6.45) is 0. The number of anilines is 2. The van der Waals surface area contributed by atoms with Gasteiger partial charge in [-0.2, -0.15) is 0 Å². The fourth-order valence-electron chi connectivity index (χ4n) is 3.42. The number of hydrogen-bond acceptors (Lipinski definition) is 4. The molecule has 0 radical (unpaired) electrons. The zero-order chi connectivity index (χ0) is 20.7. The van der Waals surface area contributed by atoms with E-state index in [1.807, 2.05) is 81.6 Å². The van der Waals surface area contributed by atoms with Gasteiger partial charge in [0.05, 0.1) is 11.3 Å². The number of thiophene rings is 1. The van der Waals surface area contributed by atoms with Crippen molar-refractivity contribution >= 4 is 40.1 Å². The molecule has 0 aliphatic carbocycles. The summed E-state index contributed by atoms with van der Waals surface area (Å²) in [5, 5.41) is 5.18. The van der Waals surface area contributed by atoms with Crippen LogP contribution in [0.3, 0.4) is 0 Å². The van der Waals surface area contributed by atoms with Crippen LogP contribution in [0.25, 0.3) is 5.57 Å². The third-order valence-corrected chi connectivity index (χ3v) is 6.35. The predicted octanol–water partition coefficient (Wildman–Crippen LogP) is 5.38. The van der Waals surface area contributed by atoms with Crippen LogP contribution >= 0.6 is 11.3 Å². The molecule has 1 aliphatic heterocycles. The number of rotatable bonds is 4. The minimum absolute atomic E-state index is 0.298. The first-order valence-corrected chi connectivity index (χ1v) is 10.3. The smallest absolute Gasteiger partial charge is 0.282 e. The summed E-state index contributed by atoms with van der Waals surface area (Å²) >= 11 is 1.45. The van der Waals surface area contributed by atoms with Gasteiger partial charge in [-0.15, -0.1) is 11.3 Å². The van der Waals surface area contributed by atoms with Crippen LogP contribution in [0.15, 0.2) is 59.6 Å². The highest BCUT2D eigenvalue weighted by Gasteiger charge is 2.40. The van der Waals surface area contributed by atoms with E-state index >= 15 is 0 Å². The number of nitrogens with zero attached hydrogens (tertiary/aromatic N) is 1. The molecule has 1 aliphatic rings. The highest BCUT2D eigenvalue weighted by molar-refractivity contribution is 7.11. The van der Waals surface area contributed by atoms with E-state index in [0.717, 1.165) is 32.8 Å². The van der Waals surface area contributed by atoms with Crippen molar-refractivity contribution in [2.75, 3.05) is 10.2 Å². The maximum atomic E-state index is 13.4. The van der Waals surface area contributed by atoms with Gasteiger partial charge in [0.15, 0.2) is 0 Å². The Balaban J connectivity index is 1.83. The average Bonchev–Trinajstić information content (AvgIpc) is 3.29. The lowest BCUT2D eigenvalue weighted by Crippen LogP contribution is -2.32. The van der Waals surface area contributed by atoms with Crippen molar-refractivity contribution in [1.29, 1.82) is 0 Å². The van der Waals surface area contributed by atoms with E-state index in [0.29, 0.717) is 17.0 Å². The van der Waals surface area contributed by atoms with Gasteiger partial charge >= 0.3 is 0 Å². The zero-order valence-corrected chi connectivity index (χ0v) is 17.7. The van der Waals surface area contributed by atoms with Gasteiger partial charge in [-0.3, -0.25) is 9.59 Å². The molecule has 0 spiro atoms. The molecule has 4 rings (SSSR count). The number of aryl methyl sites for hydroxylation is 3. The lowest BCUT2D eigenvalue weighted by Gasteiger charge is -2.17. The molecule has 2 aromatic carbocycles. The molecule has 2 heterocycles. The number of imide groups is 1. The van der Waals surface area contributed by atoms with E-state index < -0.39 is 0 Å². The van der Waals surface area contributed by atoms with E-state index in [2.05, 4.69) is 5.32 Å². The molecule has 29 heavy (non-hydrogen) atoms. The third kappa shape index (κ3) is 3.28. The highest BCUT2D eigenvalue weighted by atomic mass is 32.1. The Kier molecular flexibility index (Phi) is 4.84. The van der Waals surface area contributed by atoms with Gasteiger partial charge in [0.25, 0.3) is 11.8 Å². The quantitative estimate of drug-likeness (QED) is 0.596. The molecule has 4 nitrogen and oxygen atoms in total. The van der Waals surface area contributed by atoms with Crippen molar-refractivity contribution in [3.8, 4) is 0 Å². The molecular formula is C24H22N2O2S. The van der Waals surface area contributed by atoms with E-state index in [9.17, 15) is 9.59 Å². The number of benzene rings is 2. The molecule has 146 valence electrons. The predicted molar refractivity (Wildman–Crippen MR) is 119 cm³/mol. The molecule has 0 fully saturated rings. The Bertz CT molecular complexity index is 1160. The SMILES string of the molecule is Cc1ccc(N2C(=O)C(Nc3cccc(C)c3C)=C(c3cccs3)C2=O)cc1C. The normalized spacial score (nSPS) is 14.1. The first kappa shape index (κ1) is 19.2. The number of carbonyl (C=O) groups is 2. The first-order valence-electron chi connectivity index (χ1n) is 9.46. The van der Waals surface area contributed by atoms with Crippen molar-refractivity contribution in [2.45, 2.75) is 27.7 Å². The summed E-state index contributed by atoms with van der Waals surface area (Å²) in [5.74, 6) is -0.629.